The van der Waals surface area contributed by atoms with E-state index in [-0.39, 0.29) is 4.90 Å². The third kappa shape index (κ3) is 3.74. The van der Waals surface area contributed by atoms with Gasteiger partial charge in [0.1, 0.15) is 5.75 Å². The minimum absolute atomic E-state index is 0.161. The second-order valence-electron chi connectivity index (χ2n) is 5.37. The van der Waals surface area contributed by atoms with Gasteiger partial charge in [-0.2, -0.15) is 0 Å². The quantitative estimate of drug-likeness (QED) is 0.943. The number of benzene rings is 2. The van der Waals surface area contributed by atoms with E-state index >= 15 is 0 Å². The third-order valence-corrected chi connectivity index (χ3v) is 5.21. The van der Waals surface area contributed by atoms with Crippen molar-refractivity contribution in [3.8, 4) is 0 Å². The van der Waals surface area contributed by atoms with Crippen molar-refractivity contribution in [1.29, 1.82) is 0 Å². The molecule has 0 radical (unpaired) electrons. The summed E-state index contributed by atoms with van der Waals surface area (Å²) in [5.74, 6) is -1.10. The average molecular weight is 317 g/mol. The lowest BCUT2D eigenvalue weighted by atomic mass is 10.1. The molecule has 0 bridgehead atoms. The van der Waals surface area contributed by atoms with Crippen molar-refractivity contribution in [2.75, 3.05) is 11.1 Å². The van der Waals surface area contributed by atoms with Gasteiger partial charge in [-0.1, -0.05) is 29.8 Å². The molecule has 0 aliphatic rings. The van der Waals surface area contributed by atoms with Crippen LogP contribution in [-0.2, 0) is 14.6 Å². The van der Waals surface area contributed by atoms with Gasteiger partial charge in [-0.25, -0.2) is 8.42 Å². The van der Waals surface area contributed by atoms with E-state index in [2.05, 4.69) is 5.32 Å². The van der Waals surface area contributed by atoms with Crippen LogP contribution in [0.3, 0.4) is 0 Å². The fourth-order valence-electron chi connectivity index (χ4n) is 2.07. The molecule has 22 heavy (non-hydrogen) atoms. The zero-order valence-electron chi connectivity index (χ0n) is 12.9. The summed E-state index contributed by atoms with van der Waals surface area (Å²) in [5.41, 5.74) is 3.59. The predicted octanol–water partition coefficient (Wildman–Crippen LogP) is 3.02. The number of hydrogen-bond donors (Lipinski definition) is 1. The molecule has 1 amide bonds. The average Bonchev–Trinajstić information content (AvgIpc) is 2.44. The molecule has 0 atom stereocenters. The number of carbonyl (C=O) groups is 1. The smallest absolute Gasteiger partial charge is 0.239 e. The van der Waals surface area contributed by atoms with E-state index < -0.39 is 21.5 Å². The number of nitrogens with one attached hydrogen (secondary N) is 1. The van der Waals surface area contributed by atoms with E-state index in [1.54, 1.807) is 18.2 Å². The molecule has 5 heteroatoms. The fourth-order valence-corrected chi connectivity index (χ4v) is 3.21. The first kappa shape index (κ1) is 16.2. The molecule has 0 saturated carbocycles. The van der Waals surface area contributed by atoms with Crippen LogP contribution in [0.4, 0.5) is 5.69 Å². The van der Waals surface area contributed by atoms with E-state index in [0.717, 1.165) is 16.7 Å². The van der Waals surface area contributed by atoms with Crippen LogP contribution in [0.2, 0.25) is 0 Å². The van der Waals surface area contributed by atoms with Crippen molar-refractivity contribution in [2.45, 2.75) is 25.7 Å². The number of carbonyl (C=O) groups excluding carboxylic acids is 1. The van der Waals surface area contributed by atoms with Crippen molar-refractivity contribution < 1.29 is 13.2 Å². The maximum absolute atomic E-state index is 12.2. The van der Waals surface area contributed by atoms with Gasteiger partial charge in [0, 0.05) is 5.69 Å². The number of aryl methyl sites for hydroxylation is 2. The molecule has 0 unspecified atom stereocenters. The monoisotopic (exact) mass is 317 g/mol. The van der Waals surface area contributed by atoms with Crippen LogP contribution >= 0.6 is 0 Å². The summed E-state index contributed by atoms with van der Waals surface area (Å²) in [5, 5.41) is 2.67. The van der Waals surface area contributed by atoms with Gasteiger partial charge in [-0.05, 0) is 50.1 Å². The van der Waals surface area contributed by atoms with Crippen molar-refractivity contribution in [3.05, 3.63) is 59.2 Å². The summed E-state index contributed by atoms with van der Waals surface area (Å²) in [6.45, 7) is 5.71. The Kier molecular flexibility index (Phi) is 4.66. The van der Waals surface area contributed by atoms with Crippen LogP contribution in [0.25, 0.3) is 0 Å². The number of rotatable bonds is 4. The molecule has 0 spiro atoms. The van der Waals surface area contributed by atoms with Crippen molar-refractivity contribution in [2.24, 2.45) is 0 Å². The van der Waals surface area contributed by atoms with E-state index in [1.165, 1.54) is 12.1 Å². The van der Waals surface area contributed by atoms with E-state index in [4.69, 9.17) is 0 Å². The summed E-state index contributed by atoms with van der Waals surface area (Å²) in [4.78, 5) is 12.2. The molecule has 0 aliphatic heterocycles. The zero-order valence-corrected chi connectivity index (χ0v) is 13.7. The maximum Gasteiger partial charge on any atom is 0.239 e. The van der Waals surface area contributed by atoms with Crippen molar-refractivity contribution in [3.63, 3.8) is 0 Å². The van der Waals surface area contributed by atoms with Gasteiger partial charge in [0.15, 0.2) is 9.84 Å². The Hall–Kier alpha value is -2.14. The van der Waals surface area contributed by atoms with E-state index in [9.17, 15) is 13.2 Å². The largest absolute Gasteiger partial charge is 0.325 e. The van der Waals surface area contributed by atoms with Crippen molar-refractivity contribution >= 4 is 21.4 Å². The Balaban J connectivity index is 2.14. The Morgan fingerprint density at radius 3 is 2.27 bits per heavy atom. The summed E-state index contributed by atoms with van der Waals surface area (Å²) in [6.07, 6.45) is 0. The number of sulfone groups is 1. The molecule has 2 aromatic rings. The van der Waals surface area contributed by atoms with Gasteiger partial charge in [0.05, 0.1) is 4.90 Å². The third-order valence-electron chi connectivity index (χ3n) is 3.58. The first-order valence-electron chi connectivity index (χ1n) is 6.95. The van der Waals surface area contributed by atoms with Gasteiger partial charge < -0.3 is 5.32 Å². The van der Waals surface area contributed by atoms with Crippen LogP contribution < -0.4 is 5.32 Å². The van der Waals surface area contributed by atoms with Gasteiger partial charge in [-0.15, -0.1) is 0 Å². The van der Waals surface area contributed by atoms with Crippen LogP contribution in [0.1, 0.15) is 16.7 Å². The van der Waals surface area contributed by atoms with Crippen LogP contribution in [-0.4, -0.2) is 20.1 Å². The summed E-state index contributed by atoms with van der Waals surface area (Å²) >= 11 is 0. The van der Waals surface area contributed by atoms with Crippen LogP contribution in [0.15, 0.2) is 47.4 Å². The number of hydrogen-bond acceptors (Lipinski definition) is 3. The lowest BCUT2D eigenvalue weighted by Gasteiger charge is -2.10. The predicted molar refractivity (Wildman–Crippen MR) is 87.8 cm³/mol. The second kappa shape index (κ2) is 6.32. The highest BCUT2D eigenvalue weighted by Gasteiger charge is 2.19. The van der Waals surface area contributed by atoms with E-state index in [1.807, 2.05) is 32.9 Å². The van der Waals surface area contributed by atoms with Gasteiger partial charge in [-0.3, -0.25) is 4.79 Å². The molecule has 1 N–H and O–H groups in total. The molecular weight excluding hydrogens is 298 g/mol. The van der Waals surface area contributed by atoms with Gasteiger partial charge in [0.2, 0.25) is 5.91 Å². The SMILES string of the molecule is Cc1ccc(S(=O)(=O)CC(=O)Nc2cccc(C)c2C)cc1. The molecule has 2 aromatic carbocycles. The molecule has 0 aromatic heterocycles. The fraction of sp³-hybridized carbons (Fsp3) is 0.235. The lowest BCUT2D eigenvalue weighted by molar-refractivity contribution is -0.113. The Labute approximate surface area is 131 Å². The van der Waals surface area contributed by atoms with Crippen molar-refractivity contribution in [1.82, 2.24) is 0 Å². The zero-order chi connectivity index (χ0) is 16.3. The number of anilines is 1. The summed E-state index contributed by atoms with van der Waals surface area (Å²) in [7, 11) is -3.63. The first-order valence-corrected chi connectivity index (χ1v) is 8.60. The molecule has 116 valence electrons. The molecule has 0 aliphatic carbocycles. The molecule has 0 heterocycles. The lowest BCUT2D eigenvalue weighted by Crippen LogP contribution is -2.23. The summed E-state index contributed by atoms with van der Waals surface area (Å²) in [6, 6.07) is 12.0. The Morgan fingerprint density at radius 1 is 1.00 bits per heavy atom. The molecule has 2 rings (SSSR count). The highest BCUT2D eigenvalue weighted by Crippen LogP contribution is 2.18. The Morgan fingerprint density at radius 2 is 1.64 bits per heavy atom. The molecule has 4 nitrogen and oxygen atoms in total. The standard InChI is InChI=1S/C17H19NO3S/c1-12-7-9-15(10-8-12)22(20,21)11-17(19)18-16-6-4-5-13(2)14(16)3/h4-10H,11H2,1-3H3,(H,18,19). The van der Waals surface area contributed by atoms with E-state index in [0.29, 0.717) is 5.69 Å². The minimum atomic E-state index is -3.63. The molecule has 0 saturated heterocycles. The highest BCUT2D eigenvalue weighted by atomic mass is 32.2. The minimum Gasteiger partial charge on any atom is -0.325 e. The number of amides is 1. The second-order valence-corrected chi connectivity index (χ2v) is 7.36. The highest BCUT2D eigenvalue weighted by molar-refractivity contribution is 7.92. The van der Waals surface area contributed by atoms with Crippen LogP contribution in [0.5, 0.6) is 0 Å². The normalized spacial score (nSPS) is 11.2. The first-order chi connectivity index (χ1) is 10.3. The van der Waals surface area contributed by atoms with Gasteiger partial charge >= 0.3 is 0 Å². The maximum atomic E-state index is 12.2. The van der Waals surface area contributed by atoms with Gasteiger partial charge in [0.25, 0.3) is 0 Å². The Bertz CT molecular complexity index is 793. The topological polar surface area (TPSA) is 63.2 Å². The summed E-state index contributed by atoms with van der Waals surface area (Å²) < 4.78 is 24.5. The molecule has 0 fully saturated rings. The molecular formula is C17H19NO3S. The van der Waals surface area contributed by atoms with Crippen LogP contribution in [0, 0.1) is 20.8 Å².